The molecule has 0 unspecified atom stereocenters. The van der Waals surface area contributed by atoms with Crippen molar-refractivity contribution in [1.82, 2.24) is 14.4 Å². The van der Waals surface area contributed by atoms with Gasteiger partial charge < -0.3 is 9.51 Å². The van der Waals surface area contributed by atoms with Crippen molar-refractivity contribution in [3.8, 4) is 61.6 Å². The molecule has 214 valence electrons. The molecule has 0 aliphatic heterocycles. The van der Waals surface area contributed by atoms with E-state index in [1.807, 2.05) is 54.9 Å². The van der Waals surface area contributed by atoms with E-state index in [0.29, 0.717) is 5.56 Å². The molecular weight excluding hydrogens is 538 g/mol. The molecule has 0 fully saturated rings. The summed E-state index contributed by atoms with van der Waals surface area (Å²) in [6.45, 7) is 8.57. The maximum absolute atomic E-state index is 11.0. The molecule has 0 radical (unpaired) electrons. The summed E-state index contributed by atoms with van der Waals surface area (Å²) in [4.78, 5) is 9.89. The Labute approximate surface area is 258 Å². The van der Waals surface area contributed by atoms with E-state index in [4.69, 9.17) is 9.97 Å². The van der Waals surface area contributed by atoms with Gasteiger partial charge in [0.1, 0.15) is 11.4 Å². The number of aromatic nitrogens is 3. The third kappa shape index (κ3) is 4.84. The molecule has 3 heterocycles. The molecule has 4 nitrogen and oxygen atoms in total. The van der Waals surface area contributed by atoms with Crippen LogP contribution in [0.25, 0.3) is 61.5 Å². The first-order valence-electron chi connectivity index (χ1n) is 14.9. The number of rotatable bonds is 5. The lowest BCUT2D eigenvalue weighted by molar-refractivity contribution is 0.477. The van der Waals surface area contributed by atoms with Crippen LogP contribution in [0, 0.1) is 27.7 Å². The van der Waals surface area contributed by atoms with Crippen molar-refractivity contribution < 1.29 is 5.11 Å². The molecule has 0 aliphatic rings. The summed E-state index contributed by atoms with van der Waals surface area (Å²) < 4.78 is 2.12. The lowest BCUT2D eigenvalue weighted by Crippen LogP contribution is -1.94. The molecule has 7 aromatic rings. The quantitative estimate of drug-likeness (QED) is 0.224. The van der Waals surface area contributed by atoms with Crippen LogP contribution in [0.1, 0.15) is 22.4 Å². The fourth-order valence-corrected chi connectivity index (χ4v) is 6.45. The Bertz CT molecular complexity index is 2140. The van der Waals surface area contributed by atoms with E-state index in [9.17, 15) is 5.11 Å². The van der Waals surface area contributed by atoms with Gasteiger partial charge in [0.25, 0.3) is 0 Å². The van der Waals surface area contributed by atoms with Gasteiger partial charge in [-0.05, 0) is 121 Å². The van der Waals surface area contributed by atoms with Crippen LogP contribution in [-0.2, 0) is 0 Å². The minimum Gasteiger partial charge on any atom is -0.507 e. The summed E-state index contributed by atoms with van der Waals surface area (Å²) in [6, 6.07) is 37.4. The molecule has 0 amide bonds. The Morgan fingerprint density at radius 3 is 2.07 bits per heavy atom. The molecule has 7 rings (SSSR count). The van der Waals surface area contributed by atoms with Gasteiger partial charge in [0, 0.05) is 34.8 Å². The zero-order valence-corrected chi connectivity index (χ0v) is 25.3. The smallest absolute Gasteiger partial charge is 0.145 e. The summed E-state index contributed by atoms with van der Waals surface area (Å²) in [7, 11) is 0. The van der Waals surface area contributed by atoms with E-state index in [-0.39, 0.29) is 5.75 Å². The van der Waals surface area contributed by atoms with Gasteiger partial charge in [0.05, 0.1) is 11.4 Å². The maximum Gasteiger partial charge on any atom is 0.145 e. The zero-order chi connectivity index (χ0) is 30.4. The fraction of sp³-hybridized carbons (Fsp3) is 0.100. The van der Waals surface area contributed by atoms with Crippen LogP contribution in [0.2, 0.25) is 0 Å². The van der Waals surface area contributed by atoms with Crippen molar-refractivity contribution in [1.29, 1.82) is 0 Å². The molecule has 1 N–H and O–H groups in total. The van der Waals surface area contributed by atoms with Crippen molar-refractivity contribution in [2.24, 2.45) is 0 Å². The Balaban J connectivity index is 1.44. The van der Waals surface area contributed by atoms with Crippen molar-refractivity contribution in [3.63, 3.8) is 0 Å². The van der Waals surface area contributed by atoms with Crippen molar-refractivity contribution in [2.45, 2.75) is 27.7 Å². The number of benzene rings is 4. The Hall–Kier alpha value is -5.48. The summed E-state index contributed by atoms with van der Waals surface area (Å²) in [5.74, 6) is 0.211. The topological polar surface area (TPSA) is 50.4 Å². The van der Waals surface area contributed by atoms with Gasteiger partial charge in [-0.3, -0.25) is 4.98 Å². The van der Waals surface area contributed by atoms with Crippen LogP contribution in [-0.4, -0.2) is 19.5 Å². The monoisotopic (exact) mass is 571 g/mol. The number of aromatic hydroxyl groups is 1. The predicted molar refractivity (Wildman–Crippen MR) is 181 cm³/mol. The van der Waals surface area contributed by atoms with Gasteiger partial charge in [-0.25, -0.2) is 4.98 Å². The SMILES string of the molecule is Cc1cc(C)c(-c2cc(-c3ccccn3)cc(-c3cccn4c(C)c(-c5cc(-c6ccccc6)ccc5O)nc34)c2)c(C)c1. The second-order valence-electron chi connectivity index (χ2n) is 11.5. The van der Waals surface area contributed by atoms with E-state index < -0.39 is 0 Å². The molecule has 3 aromatic heterocycles. The number of hydrogen-bond donors (Lipinski definition) is 1. The molecule has 0 spiro atoms. The average Bonchev–Trinajstić information content (AvgIpc) is 3.37. The number of imidazole rings is 1. The van der Waals surface area contributed by atoms with E-state index >= 15 is 0 Å². The number of pyridine rings is 2. The average molecular weight is 572 g/mol. The maximum atomic E-state index is 11.0. The van der Waals surface area contributed by atoms with E-state index in [1.54, 1.807) is 6.07 Å². The lowest BCUT2D eigenvalue weighted by Gasteiger charge is -2.15. The fourth-order valence-electron chi connectivity index (χ4n) is 6.45. The van der Waals surface area contributed by atoms with E-state index in [0.717, 1.165) is 56.1 Å². The molecule has 0 bridgehead atoms. The molecule has 0 aliphatic carbocycles. The number of phenolic OH excluding ortho intramolecular Hbond substituents is 1. The predicted octanol–water partition coefficient (Wildman–Crippen LogP) is 10.0. The van der Waals surface area contributed by atoms with Gasteiger partial charge in [-0.15, -0.1) is 0 Å². The van der Waals surface area contributed by atoms with E-state index in [1.165, 1.54) is 22.3 Å². The first-order valence-corrected chi connectivity index (χ1v) is 14.9. The molecule has 0 saturated carbocycles. The second kappa shape index (κ2) is 11.0. The summed E-state index contributed by atoms with van der Waals surface area (Å²) >= 11 is 0. The summed E-state index contributed by atoms with van der Waals surface area (Å²) in [5, 5.41) is 11.0. The van der Waals surface area contributed by atoms with Crippen molar-refractivity contribution in [2.75, 3.05) is 0 Å². The van der Waals surface area contributed by atoms with Crippen LogP contribution in [0.5, 0.6) is 5.75 Å². The van der Waals surface area contributed by atoms with Crippen LogP contribution < -0.4 is 0 Å². The molecular formula is C40H33N3O. The molecule has 4 heteroatoms. The molecule has 4 aromatic carbocycles. The standard InChI is InChI=1S/C40H33N3O/c1-25-19-26(2)38(27(3)20-25)33-22-31(21-32(23-33)36-14-8-9-17-41-36)34-13-10-18-43-28(4)39(42-40(34)43)35-24-30(15-16-37(35)44)29-11-6-5-7-12-29/h5-24,44H,1-4H3. The van der Waals surface area contributed by atoms with Gasteiger partial charge in [-0.1, -0.05) is 60.2 Å². The highest BCUT2D eigenvalue weighted by molar-refractivity contribution is 5.88. The van der Waals surface area contributed by atoms with Gasteiger partial charge in [0.2, 0.25) is 0 Å². The van der Waals surface area contributed by atoms with Crippen LogP contribution in [0.15, 0.2) is 122 Å². The highest BCUT2D eigenvalue weighted by atomic mass is 16.3. The number of nitrogens with zero attached hydrogens (tertiary/aromatic N) is 3. The van der Waals surface area contributed by atoms with Crippen molar-refractivity contribution >= 4 is 5.65 Å². The van der Waals surface area contributed by atoms with Crippen LogP contribution in [0.3, 0.4) is 0 Å². The minimum absolute atomic E-state index is 0.211. The number of phenols is 1. The third-order valence-electron chi connectivity index (χ3n) is 8.42. The highest BCUT2D eigenvalue weighted by Gasteiger charge is 2.19. The Kier molecular flexibility index (Phi) is 6.83. The number of hydrogen-bond acceptors (Lipinski definition) is 3. The Morgan fingerprint density at radius 1 is 0.591 bits per heavy atom. The van der Waals surface area contributed by atoms with Gasteiger partial charge in [0.15, 0.2) is 0 Å². The van der Waals surface area contributed by atoms with Gasteiger partial charge >= 0.3 is 0 Å². The lowest BCUT2D eigenvalue weighted by atomic mass is 9.90. The summed E-state index contributed by atoms with van der Waals surface area (Å²) in [6.07, 6.45) is 3.88. The second-order valence-corrected chi connectivity index (χ2v) is 11.5. The molecule has 0 saturated heterocycles. The van der Waals surface area contributed by atoms with Crippen molar-refractivity contribution in [3.05, 3.63) is 144 Å². The first kappa shape index (κ1) is 27.4. The largest absolute Gasteiger partial charge is 0.507 e. The third-order valence-corrected chi connectivity index (χ3v) is 8.42. The number of aryl methyl sites for hydroxylation is 4. The minimum atomic E-state index is 0.211. The van der Waals surface area contributed by atoms with Crippen LogP contribution in [0.4, 0.5) is 0 Å². The molecule has 0 atom stereocenters. The van der Waals surface area contributed by atoms with Crippen LogP contribution >= 0.6 is 0 Å². The first-order chi connectivity index (χ1) is 21.4. The zero-order valence-electron chi connectivity index (χ0n) is 25.3. The van der Waals surface area contributed by atoms with Gasteiger partial charge in [-0.2, -0.15) is 0 Å². The molecule has 44 heavy (non-hydrogen) atoms. The highest BCUT2D eigenvalue weighted by Crippen LogP contribution is 2.39. The summed E-state index contributed by atoms with van der Waals surface area (Å²) in [5.41, 5.74) is 15.6. The Morgan fingerprint density at radius 2 is 1.32 bits per heavy atom. The van der Waals surface area contributed by atoms with E-state index in [2.05, 4.69) is 92.8 Å². The normalized spacial score (nSPS) is 11.3. The number of fused-ring (bicyclic) bond motifs is 1.